The highest BCUT2D eigenvalue weighted by molar-refractivity contribution is 14.2. The summed E-state index contributed by atoms with van der Waals surface area (Å²) < 4.78 is 3.75. The van der Waals surface area contributed by atoms with E-state index in [0.29, 0.717) is 5.02 Å². The Morgan fingerprint density at radius 2 is 2.04 bits per heavy atom. The van der Waals surface area contributed by atoms with Crippen LogP contribution in [-0.2, 0) is 4.79 Å². The number of hydrogen-bond donors (Lipinski definition) is 1. The second-order valence-electron chi connectivity index (χ2n) is 5.83. The van der Waals surface area contributed by atoms with Gasteiger partial charge in [0.05, 0.1) is 9.71 Å². The Bertz CT molecular complexity index is 1070. The number of aryl methyl sites for hydroxylation is 1. The number of anilines is 1. The first-order chi connectivity index (χ1) is 12.6. The fourth-order valence-corrected chi connectivity index (χ4v) is 5.41. The third kappa shape index (κ3) is 3.37. The van der Waals surface area contributed by atoms with Crippen molar-refractivity contribution in [1.82, 2.24) is 9.78 Å². The normalized spacial score (nSPS) is 12.8. The Hall–Kier alpha value is -2.25. The largest absolute Gasteiger partial charge is 0.321 e. The van der Waals surface area contributed by atoms with Crippen LogP contribution in [0.3, 0.4) is 0 Å². The molecule has 2 aromatic carbocycles. The number of carbonyl (C=O) groups is 1. The Morgan fingerprint density at radius 3 is 2.85 bits per heavy atom. The molecule has 6 heteroatoms. The van der Waals surface area contributed by atoms with Crippen molar-refractivity contribution in [3.8, 4) is 11.1 Å². The van der Waals surface area contributed by atoms with Crippen LogP contribution in [0.5, 0.6) is 0 Å². The quantitative estimate of drug-likeness (QED) is 0.545. The first kappa shape index (κ1) is 17.2. The summed E-state index contributed by atoms with van der Waals surface area (Å²) in [5.74, 6) is -0.0483. The molecule has 0 bridgehead atoms. The Kier molecular flexibility index (Phi) is 4.74. The average molecular weight is 476 g/mol. The van der Waals surface area contributed by atoms with E-state index in [1.54, 1.807) is 0 Å². The molecule has 3 aromatic rings. The van der Waals surface area contributed by atoms with E-state index in [2.05, 4.69) is 10.4 Å². The standard InChI is InChI=1S/C20H15ClIN3O/c1-13-5-2-3-8-18(13)24-20(26)17-9-10-25-19(22-17)16(12-23-25)14-6-4-7-15(21)11-14/h2-12H,1H3,(H,24,26). The summed E-state index contributed by atoms with van der Waals surface area (Å²) >= 11 is 5.46. The summed E-state index contributed by atoms with van der Waals surface area (Å²) in [6.45, 7) is 1.98. The fourth-order valence-electron chi connectivity index (χ4n) is 2.67. The minimum Gasteiger partial charge on any atom is -0.321 e. The number of carbonyl (C=O) groups excluding carboxylic acids is 1. The summed E-state index contributed by atoms with van der Waals surface area (Å²) in [4.78, 5) is 12.7. The molecular weight excluding hydrogens is 461 g/mol. The molecule has 0 fully saturated rings. The zero-order chi connectivity index (χ0) is 18.1. The zero-order valence-electron chi connectivity index (χ0n) is 13.9. The molecule has 1 N–H and O–H groups in total. The number of para-hydroxylation sites is 1. The second kappa shape index (κ2) is 7.17. The summed E-state index contributed by atoms with van der Waals surface area (Å²) in [5, 5.41) is 8.13. The Labute approximate surface area is 166 Å². The number of benzene rings is 2. The van der Waals surface area contributed by atoms with E-state index >= 15 is 0 Å². The third-order valence-electron chi connectivity index (χ3n) is 4.03. The van der Waals surface area contributed by atoms with Crippen LogP contribution in [0.2, 0.25) is 5.02 Å². The molecule has 0 saturated carbocycles. The molecule has 1 aromatic heterocycles. The van der Waals surface area contributed by atoms with Gasteiger partial charge in [0.2, 0.25) is 0 Å². The summed E-state index contributed by atoms with van der Waals surface area (Å²) in [6.07, 6.45) is 5.55. The average Bonchev–Trinajstić information content (AvgIpc) is 3.07. The van der Waals surface area contributed by atoms with E-state index in [1.165, 1.54) is 0 Å². The van der Waals surface area contributed by atoms with Crippen LogP contribution in [0.15, 0.2) is 60.8 Å². The molecule has 0 aliphatic carbocycles. The molecule has 130 valence electrons. The van der Waals surface area contributed by atoms with Crippen LogP contribution in [0.4, 0.5) is 5.69 Å². The SMILES string of the molecule is Cc1ccccc1NC(=O)C1=Ic2c(-c3cccc(Cl)c3)cnn2C=C1. The summed E-state index contributed by atoms with van der Waals surface area (Å²) in [5.41, 5.74) is 3.94. The van der Waals surface area contributed by atoms with Crippen molar-refractivity contribution in [1.29, 1.82) is 0 Å². The van der Waals surface area contributed by atoms with Crippen LogP contribution in [0, 0.1) is 10.6 Å². The van der Waals surface area contributed by atoms with E-state index in [0.717, 1.165) is 29.6 Å². The lowest BCUT2D eigenvalue weighted by molar-refractivity contribution is -0.110. The number of nitrogens with one attached hydrogen (secondary N) is 1. The molecule has 4 nitrogen and oxygen atoms in total. The predicted molar refractivity (Wildman–Crippen MR) is 116 cm³/mol. The van der Waals surface area contributed by atoms with Gasteiger partial charge in [0.15, 0.2) is 0 Å². The number of fused-ring (bicyclic) bond motifs is 1. The van der Waals surface area contributed by atoms with E-state index in [-0.39, 0.29) is 5.91 Å². The van der Waals surface area contributed by atoms with Crippen LogP contribution < -0.4 is 5.32 Å². The van der Waals surface area contributed by atoms with Gasteiger partial charge in [-0.1, -0.05) is 41.9 Å². The van der Waals surface area contributed by atoms with E-state index in [4.69, 9.17) is 11.6 Å². The Balaban J connectivity index is 1.67. The molecule has 0 atom stereocenters. The second-order valence-corrected chi connectivity index (χ2v) is 8.99. The summed E-state index contributed by atoms with van der Waals surface area (Å²) in [7, 11) is 0. The highest BCUT2D eigenvalue weighted by Gasteiger charge is 2.18. The Morgan fingerprint density at radius 1 is 1.19 bits per heavy atom. The first-order valence-corrected chi connectivity index (χ1v) is 10.6. The van der Waals surface area contributed by atoms with Gasteiger partial charge >= 0.3 is 0 Å². The van der Waals surface area contributed by atoms with Crippen molar-refractivity contribution < 1.29 is 4.79 Å². The van der Waals surface area contributed by atoms with Crippen molar-refractivity contribution in [2.75, 3.05) is 5.32 Å². The van der Waals surface area contributed by atoms with Gasteiger partial charge < -0.3 is 5.32 Å². The van der Waals surface area contributed by atoms with Crippen LogP contribution in [-0.4, -0.2) is 19.2 Å². The molecule has 26 heavy (non-hydrogen) atoms. The maximum Gasteiger partial charge on any atom is 0.261 e. The van der Waals surface area contributed by atoms with Gasteiger partial charge in [-0.05, 0) is 63.1 Å². The lowest BCUT2D eigenvalue weighted by Crippen LogP contribution is -2.21. The summed E-state index contributed by atoms with van der Waals surface area (Å²) in [6, 6.07) is 15.5. The van der Waals surface area contributed by atoms with E-state index in [9.17, 15) is 4.79 Å². The molecule has 1 amide bonds. The van der Waals surface area contributed by atoms with Gasteiger partial charge in [0.1, 0.15) is 3.70 Å². The van der Waals surface area contributed by atoms with Crippen LogP contribution >= 0.6 is 32.3 Å². The monoisotopic (exact) mass is 475 g/mol. The molecule has 4 rings (SSSR count). The van der Waals surface area contributed by atoms with E-state index < -0.39 is 20.7 Å². The predicted octanol–water partition coefficient (Wildman–Crippen LogP) is 4.95. The lowest BCUT2D eigenvalue weighted by Gasteiger charge is -2.12. The molecule has 0 spiro atoms. The smallest absolute Gasteiger partial charge is 0.261 e. The van der Waals surface area contributed by atoms with Crippen molar-refractivity contribution in [2.24, 2.45) is 0 Å². The number of amides is 1. The molecule has 0 radical (unpaired) electrons. The molecular formula is C20H15ClIN3O. The molecule has 0 unspecified atom stereocenters. The highest BCUT2D eigenvalue weighted by Crippen LogP contribution is 2.32. The number of halogens is 2. The number of nitrogens with zero attached hydrogens (tertiary/aromatic N) is 2. The van der Waals surface area contributed by atoms with Crippen molar-refractivity contribution in [2.45, 2.75) is 6.92 Å². The number of rotatable bonds is 3. The van der Waals surface area contributed by atoms with Crippen molar-refractivity contribution in [3.05, 3.63) is 75.1 Å². The lowest BCUT2D eigenvalue weighted by atomic mass is 10.1. The number of hydrogen-bond acceptors (Lipinski definition) is 2. The topological polar surface area (TPSA) is 46.9 Å². The van der Waals surface area contributed by atoms with Gasteiger partial charge in [-0.3, -0.25) is 4.79 Å². The van der Waals surface area contributed by atoms with Crippen molar-refractivity contribution >= 4 is 53.6 Å². The maximum absolute atomic E-state index is 12.7. The minimum absolute atomic E-state index is 0.0483. The zero-order valence-corrected chi connectivity index (χ0v) is 16.8. The molecule has 1 aliphatic rings. The van der Waals surface area contributed by atoms with Gasteiger partial charge in [0.25, 0.3) is 5.91 Å². The third-order valence-corrected chi connectivity index (χ3v) is 7.29. The fraction of sp³-hybridized carbons (Fsp3) is 0.0500. The van der Waals surface area contributed by atoms with Crippen LogP contribution in [0.25, 0.3) is 17.3 Å². The van der Waals surface area contributed by atoms with Gasteiger partial charge in [0, 0.05) is 22.5 Å². The van der Waals surface area contributed by atoms with E-state index in [1.807, 2.05) is 78.6 Å². The highest BCUT2D eigenvalue weighted by atomic mass is 127. The minimum atomic E-state index is -0.664. The van der Waals surface area contributed by atoms with Gasteiger partial charge in [-0.2, -0.15) is 5.10 Å². The van der Waals surface area contributed by atoms with Crippen LogP contribution in [0.1, 0.15) is 5.56 Å². The first-order valence-electron chi connectivity index (χ1n) is 8.02. The maximum atomic E-state index is 12.7. The van der Waals surface area contributed by atoms with Gasteiger partial charge in [-0.15, -0.1) is 0 Å². The van der Waals surface area contributed by atoms with Crippen molar-refractivity contribution in [3.63, 3.8) is 0 Å². The number of aromatic nitrogens is 2. The molecule has 2 heterocycles. The molecule has 0 saturated heterocycles. The molecule has 1 aliphatic heterocycles. The van der Waals surface area contributed by atoms with Gasteiger partial charge in [-0.25, -0.2) is 4.68 Å².